The lowest BCUT2D eigenvalue weighted by atomic mass is 9.77. The number of furan rings is 1. The van der Waals surface area contributed by atoms with E-state index in [0.29, 0.717) is 18.8 Å². The van der Waals surface area contributed by atoms with Crippen LogP contribution in [0, 0.1) is 13.8 Å². The van der Waals surface area contributed by atoms with E-state index in [2.05, 4.69) is 139 Å². The fourth-order valence-electron chi connectivity index (χ4n) is 7.98. The third-order valence-electron chi connectivity index (χ3n) is 10.4. The van der Waals surface area contributed by atoms with Crippen LogP contribution in [0.3, 0.4) is 0 Å². The van der Waals surface area contributed by atoms with E-state index in [9.17, 15) is 0 Å². The molecule has 0 radical (unpaired) electrons. The van der Waals surface area contributed by atoms with E-state index in [1.165, 1.54) is 0 Å². The monoisotopic (exact) mass is 705 g/mol. The van der Waals surface area contributed by atoms with Gasteiger partial charge in [0.15, 0.2) is 11.5 Å². The zero-order valence-electron chi connectivity index (χ0n) is 30.5. The topological polar surface area (TPSA) is 87.4 Å². The van der Waals surface area contributed by atoms with Crippen LogP contribution >= 0.6 is 0 Å². The Hall–Kier alpha value is -6.67. The lowest BCUT2D eigenvalue weighted by Gasteiger charge is -2.36. The van der Waals surface area contributed by atoms with Crippen LogP contribution in [0.2, 0.25) is 0 Å². The summed E-state index contributed by atoms with van der Waals surface area (Å²) in [5.74, 6) is 2.55. The highest BCUT2D eigenvalue weighted by atomic mass is 16.3. The molecule has 0 fully saturated rings. The molecule has 54 heavy (non-hydrogen) atoms. The van der Waals surface area contributed by atoms with Gasteiger partial charge >= 0.3 is 0 Å². The normalized spacial score (nSPS) is 11.8. The van der Waals surface area contributed by atoms with Crippen LogP contribution in [-0.2, 0) is 24.9 Å². The van der Waals surface area contributed by atoms with Gasteiger partial charge in [-0.1, -0.05) is 140 Å². The first-order valence-corrected chi connectivity index (χ1v) is 18.4. The van der Waals surface area contributed by atoms with E-state index in [4.69, 9.17) is 24.7 Å². The van der Waals surface area contributed by atoms with Gasteiger partial charge in [-0.2, -0.15) is 0 Å². The molecule has 0 aliphatic heterocycles. The smallest absolute Gasteiger partial charge is 0.160 e. The molecule has 0 amide bonds. The summed E-state index contributed by atoms with van der Waals surface area (Å²) in [6.45, 7) is 6.97. The number of pyridine rings is 1. The molecule has 0 bridgehead atoms. The zero-order valence-corrected chi connectivity index (χ0v) is 30.5. The summed E-state index contributed by atoms with van der Waals surface area (Å²) in [7, 11) is 0. The minimum absolute atomic E-state index is 0.445. The van der Waals surface area contributed by atoms with Crippen molar-refractivity contribution in [3.05, 3.63) is 196 Å². The molecule has 0 saturated carbocycles. The highest BCUT2D eigenvalue weighted by Gasteiger charge is 2.41. The van der Waals surface area contributed by atoms with Gasteiger partial charge in [-0.15, -0.1) is 5.10 Å². The SMILES string of the molecule is CCc1nc2c(C)cc(C)nc2n1Cc1ccc(-c2oc3ccccc3c2Cc2nnnn2C(c2ccccc2)(c2ccccc2)c2ccccc2)cc1. The number of tetrazole rings is 1. The summed E-state index contributed by atoms with van der Waals surface area (Å²) < 4.78 is 10.9. The van der Waals surface area contributed by atoms with E-state index in [1.54, 1.807) is 0 Å². The lowest BCUT2D eigenvalue weighted by Crippen LogP contribution is -2.40. The highest BCUT2D eigenvalue weighted by Crippen LogP contribution is 2.42. The minimum atomic E-state index is -0.843. The molecule has 0 atom stereocenters. The fourth-order valence-corrected chi connectivity index (χ4v) is 7.98. The lowest BCUT2D eigenvalue weighted by molar-refractivity contribution is 0.433. The van der Waals surface area contributed by atoms with Gasteiger partial charge < -0.3 is 8.98 Å². The maximum Gasteiger partial charge on any atom is 0.160 e. The van der Waals surface area contributed by atoms with Crippen molar-refractivity contribution in [1.29, 1.82) is 0 Å². The van der Waals surface area contributed by atoms with Crippen LogP contribution in [0.25, 0.3) is 33.5 Å². The fraction of sp³-hybridized carbons (Fsp3) is 0.152. The van der Waals surface area contributed by atoms with Crippen molar-refractivity contribution >= 4 is 22.1 Å². The third kappa shape index (κ3) is 5.58. The van der Waals surface area contributed by atoms with E-state index >= 15 is 0 Å². The minimum Gasteiger partial charge on any atom is -0.456 e. The van der Waals surface area contributed by atoms with Crippen LogP contribution in [0.15, 0.2) is 150 Å². The van der Waals surface area contributed by atoms with E-state index in [0.717, 1.165) is 84.8 Å². The molecule has 0 aliphatic carbocycles. The molecular formula is C46H39N7O. The van der Waals surface area contributed by atoms with Gasteiger partial charge in [0.1, 0.15) is 28.2 Å². The van der Waals surface area contributed by atoms with Gasteiger partial charge in [0.05, 0.1) is 6.54 Å². The summed E-state index contributed by atoms with van der Waals surface area (Å²) in [5, 5.41) is 14.9. The van der Waals surface area contributed by atoms with Crippen LogP contribution in [0.1, 0.15) is 57.6 Å². The number of nitrogens with zero attached hydrogens (tertiary/aromatic N) is 7. The molecule has 9 aromatic rings. The Morgan fingerprint density at radius 3 is 1.91 bits per heavy atom. The van der Waals surface area contributed by atoms with Crippen molar-refractivity contribution < 1.29 is 4.42 Å². The second kappa shape index (κ2) is 13.7. The predicted octanol–water partition coefficient (Wildman–Crippen LogP) is 9.49. The number of aromatic nitrogens is 7. The highest BCUT2D eigenvalue weighted by molar-refractivity contribution is 5.88. The standard InChI is InChI=1S/C46H39N7O/c1-4-41-48-43-31(2)28-32(3)47-45(43)52(41)30-33-24-26-34(27-25-33)44-39(38-22-14-15-23-40(38)54-44)29-42-49-50-51-53(42)46(35-16-8-5-9-17-35,36-18-10-6-11-19-36)37-20-12-7-13-21-37/h5-28H,4,29-30H2,1-3H3. The molecule has 5 aromatic carbocycles. The van der Waals surface area contributed by atoms with Gasteiger partial charge in [-0.3, -0.25) is 0 Å². The molecule has 0 aliphatic rings. The summed E-state index contributed by atoms with van der Waals surface area (Å²) in [6.07, 6.45) is 1.27. The van der Waals surface area contributed by atoms with E-state index in [-0.39, 0.29) is 0 Å². The molecule has 0 spiro atoms. The third-order valence-corrected chi connectivity index (χ3v) is 10.4. The Bertz CT molecular complexity index is 2620. The molecule has 9 rings (SSSR count). The Balaban J connectivity index is 1.15. The molecular weight excluding hydrogens is 667 g/mol. The Morgan fingerprint density at radius 2 is 1.28 bits per heavy atom. The molecule has 0 saturated heterocycles. The quantitative estimate of drug-likeness (QED) is 0.132. The number of hydrogen-bond acceptors (Lipinski definition) is 6. The molecule has 264 valence electrons. The molecule has 4 aromatic heterocycles. The van der Waals surface area contributed by atoms with E-state index in [1.807, 2.05) is 41.9 Å². The Morgan fingerprint density at radius 1 is 0.667 bits per heavy atom. The first-order valence-electron chi connectivity index (χ1n) is 18.4. The number of fused-ring (bicyclic) bond motifs is 2. The van der Waals surface area contributed by atoms with Crippen molar-refractivity contribution in [3.63, 3.8) is 0 Å². The summed E-state index contributed by atoms with van der Waals surface area (Å²) >= 11 is 0. The number of imidazole rings is 1. The average molecular weight is 706 g/mol. The number of para-hydroxylation sites is 1. The maximum absolute atomic E-state index is 6.68. The van der Waals surface area contributed by atoms with Gasteiger partial charge in [0, 0.05) is 35.0 Å². The number of hydrogen-bond donors (Lipinski definition) is 0. The van der Waals surface area contributed by atoms with Gasteiger partial charge in [0.25, 0.3) is 0 Å². The number of benzene rings is 5. The predicted molar refractivity (Wildman–Crippen MR) is 212 cm³/mol. The zero-order chi connectivity index (χ0) is 36.6. The molecule has 4 heterocycles. The van der Waals surface area contributed by atoms with Crippen molar-refractivity contribution in [2.24, 2.45) is 0 Å². The summed E-state index contributed by atoms with van der Waals surface area (Å²) in [4.78, 5) is 9.84. The first kappa shape index (κ1) is 33.2. The Kier molecular flexibility index (Phi) is 8.43. The van der Waals surface area contributed by atoms with Crippen LogP contribution in [0.5, 0.6) is 0 Å². The maximum atomic E-state index is 6.68. The second-order valence-electron chi connectivity index (χ2n) is 13.8. The second-order valence-corrected chi connectivity index (χ2v) is 13.8. The molecule has 0 N–H and O–H groups in total. The summed E-state index contributed by atoms with van der Waals surface area (Å²) in [6, 6.07) is 50.4. The van der Waals surface area contributed by atoms with Gasteiger partial charge in [-0.25, -0.2) is 14.6 Å². The molecule has 8 heteroatoms. The number of rotatable bonds is 10. The number of aryl methyl sites for hydroxylation is 3. The van der Waals surface area contributed by atoms with Crippen LogP contribution in [0.4, 0.5) is 0 Å². The van der Waals surface area contributed by atoms with E-state index < -0.39 is 5.54 Å². The van der Waals surface area contributed by atoms with Gasteiger partial charge in [-0.05, 0) is 64.2 Å². The van der Waals surface area contributed by atoms with Crippen LogP contribution < -0.4 is 0 Å². The average Bonchev–Trinajstić information content (AvgIpc) is 3.93. The molecule has 0 unspecified atom stereocenters. The largest absolute Gasteiger partial charge is 0.456 e. The molecule has 8 nitrogen and oxygen atoms in total. The Labute approximate surface area is 313 Å². The first-order chi connectivity index (χ1) is 26.5. The summed E-state index contributed by atoms with van der Waals surface area (Å²) in [5.41, 5.74) is 10.4. The van der Waals surface area contributed by atoms with Crippen molar-refractivity contribution in [2.75, 3.05) is 0 Å². The van der Waals surface area contributed by atoms with Gasteiger partial charge in [0.2, 0.25) is 0 Å². The van der Waals surface area contributed by atoms with Crippen molar-refractivity contribution in [3.8, 4) is 11.3 Å². The van der Waals surface area contributed by atoms with Crippen molar-refractivity contribution in [1.82, 2.24) is 34.7 Å². The van der Waals surface area contributed by atoms with Crippen LogP contribution in [-0.4, -0.2) is 34.7 Å². The van der Waals surface area contributed by atoms with Crippen molar-refractivity contribution in [2.45, 2.75) is 45.7 Å².